The molecule has 26 heavy (non-hydrogen) atoms. The molecule has 2 N–H and O–H groups in total. The van der Waals surface area contributed by atoms with E-state index >= 15 is 0 Å². The van der Waals surface area contributed by atoms with Crippen LogP contribution in [0.2, 0.25) is 0 Å². The van der Waals surface area contributed by atoms with Gasteiger partial charge in [-0.1, -0.05) is 6.07 Å². The molecular weight excluding hydrogens is 370 g/mol. The molecule has 2 aromatic rings. The van der Waals surface area contributed by atoms with Crippen LogP contribution in [-0.2, 0) is 16.4 Å². The molecule has 2 heterocycles. The van der Waals surface area contributed by atoms with Gasteiger partial charge in [0.25, 0.3) is 5.91 Å². The molecule has 0 unspecified atom stereocenters. The molecule has 1 aromatic carbocycles. The highest BCUT2D eigenvalue weighted by molar-refractivity contribution is 7.89. The number of nitrogens with zero attached hydrogens (tertiary/aromatic N) is 1. The van der Waals surface area contributed by atoms with Crippen molar-refractivity contribution in [1.82, 2.24) is 14.9 Å². The van der Waals surface area contributed by atoms with Gasteiger partial charge in [-0.15, -0.1) is 11.3 Å². The van der Waals surface area contributed by atoms with Crippen molar-refractivity contribution in [3.63, 3.8) is 0 Å². The first kappa shape index (κ1) is 19.0. The zero-order valence-electron chi connectivity index (χ0n) is 14.6. The number of rotatable bonds is 6. The van der Waals surface area contributed by atoms with Gasteiger partial charge in [-0.3, -0.25) is 4.79 Å². The molecule has 6 nitrogen and oxygen atoms in total. The summed E-state index contributed by atoms with van der Waals surface area (Å²) in [5.74, 6) is -0.0615. The van der Waals surface area contributed by atoms with E-state index in [-0.39, 0.29) is 16.8 Å². The van der Waals surface area contributed by atoms with Gasteiger partial charge in [0.05, 0.1) is 4.90 Å². The summed E-state index contributed by atoms with van der Waals surface area (Å²) in [7, 11) is -3.57. The summed E-state index contributed by atoms with van der Waals surface area (Å²) in [6.07, 6.45) is 0.661. The largest absolute Gasteiger partial charge is 0.333 e. The van der Waals surface area contributed by atoms with E-state index in [1.54, 1.807) is 23.5 Å². The Hall–Kier alpha value is -1.74. The minimum absolute atomic E-state index is 0.0615. The molecule has 1 aromatic heterocycles. The second-order valence-electron chi connectivity index (χ2n) is 6.30. The molecule has 0 radical (unpaired) electrons. The predicted molar refractivity (Wildman–Crippen MR) is 103 cm³/mol. The quantitative estimate of drug-likeness (QED) is 0.783. The van der Waals surface area contributed by atoms with Crippen LogP contribution in [0, 0.1) is 0 Å². The Morgan fingerprint density at radius 2 is 2.08 bits per heavy atom. The molecule has 0 spiro atoms. The maximum Gasteiger partial charge on any atom is 0.254 e. The average molecular weight is 394 g/mol. The number of carbonyl (C=O) groups excluding carboxylic acids is 1. The Bertz CT molecular complexity index is 833. The van der Waals surface area contributed by atoms with Gasteiger partial charge in [-0.05, 0) is 49.1 Å². The first-order valence-corrected chi connectivity index (χ1v) is 11.0. The third kappa shape index (κ3) is 4.50. The van der Waals surface area contributed by atoms with E-state index in [1.165, 1.54) is 12.1 Å². The SMILES string of the molecule is C[C@@H]1CNCCN1C(=O)c1ccc(S(=O)(=O)NCCc2cccs2)cc1. The third-order valence-corrected chi connectivity index (χ3v) is 6.83. The highest BCUT2D eigenvalue weighted by Gasteiger charge is 2.24. The number of piperazine rings is 1. The van der Waals surface area contributed by atoms with Crippen molar-refractivity contribution in [2.24, 2.45) is 0 Å². The standard InChI is InChI=1S/C18H23N3O3S2/c1-14-13-19-10-11-21(14)18(22)15-4-6-17(7-5-15)26(23,24)20-9-8-16-3-2-12-25-16/h2-7,12,14,19-20H,8-11,13H2,1H3/t14-/m1/s1. The zero-order valence-corrected chi connectivity index (χ0v) is 16.3. The van der Waals surface area contributed by atoms with Gasteiger partial charge in [-0.25, -0.2) is 13.1 Å². The fourth-order valence-corrected chi connectivity index (χ4v) is 4.67. The highest BCUT2D eigenvalue weighted by Crippen LogP contribution is 2.15. The molecule has 140 valence electrons. The number of thiophene rings is 1. The van der Waals surface area contributed by atoms with Crippen LogP contribution >= 0.6 is 11.3 Å². The van der Waals surface area contributed by atoms with E-state index in [9.17, 15) is 13.2 Å². The summed E-state index contributed by atoms with van der Waals surface area (Å²) in [6, 6.07) is 10.2. The van der Waals surface area contributed by atoms with E-state index in [0.717, 1.165) is 18.0 Å². The van der Waals surface area contributed by atoms with Crippen molar-refractivity contribution < 1.29 is 13.2 Å². The number of hydrogen-bond acceptors (Lipinski definition) is 5. The molecule has 1 aliphatic rings. The van der Waals surface area contributed by atoms with Crippen LogP contribution in [0.5, 0.6) is 0 Å². The van der Waals surface area contributed by atoms with Crippen LogP contribution in [0.25, 0.3) is 0 Å². The Morgan fingerprint density at radius 3 is 2.73 bits per heavy atom. The fraction of sp³-hybridized carbons (Fsp3) is 0.389. The Morgan fingerprint density at radius 1 is 1.31 bits per heavy atom. The van der Waals surface area contributed by atoms with Crippen LogP contribution in [-0.4, -0.2) is 51.4 Å². The smallest absolute Gasteiger partial charge is 0.254 e. The summed E-state index contributed by atoms with van der Waals surface area (Å²) >= 11 is 1.61. The molecule has 1 saturated heterocycles. The lowest BCUT2D eigenvalue weighted by molar-refractivity contribution is 0.0655. The molecule has 0 bridgehead atoms. The van der Waals surface area contributed by atoms with Crippen molar-refractivity contribution in [1.29, 1.82) is 0 Å². The predicted octanol–water partition coefficient (Wildman–Crippen LogP) is 1.70. The van der Waals surface area contributed by atoms with Gasteiger partial charge in [-0.2, -0.15) is 0 Å². The van der Waals surface area contributed by atoms with Crippen molar-refractivity contribution in [2.45, 2.75) is 24.3 Å². The number of nitrogens with one attached hydrogen (secondary N) is 2. The number of amides is 1. The molecule has 0 saturated carbocycles. The van der Waals surface area contributed by atoms with E-state index < -0.39 is 10.0 Å². The third-order valence-electron chi connectivity index (χ3n) is 4.42. The maximum atomic E-state index is 12.6. The van der Waals surface area contributed by atoms with E-state index in [1.807, 2.05) is 29.3 Å². The summed E-state index contributed by atoms with van der Waals surface area (Å²) in [5.41, 5.74) is 0.510. The summed E-state index contributed by atoms with van der Waals surface area (Å²) in [6.45, 7) is 4.55. The van der Waals surface area contributed by atoms with Crippen LogP contribution in [0.3, 0.4) is 0 Å². The average Bonchev–Trinajstić information content (AvgIpc) is 3.15. The first-order valence-electron chi connectivity index (χ1n) is 8.61. The van der Waals surface area contributed by atoms with E-state index in [0.29, 0.717) is 25.1 Å². The van der Waals surface area contributed by atoms with Gasteiger partial charge < -0.3 is 10.2 Å². The second-order valence-corrected chi connectivity index (χ2v) is 9.10. The van der Waals surface area contributed by atoms with Crippen molar-refractivity contribution in [3.05, 3.63) is 52.2 Å². The van der Waals surface area contributed by atoms with E-state index in [4.69, 9.17) is 0 Å². The second kappa shape index (κ2) is 8.30. The molecule has 1 atom stereocenters. The number of benzene rings is 1. The summed E-state index contributed by atoms with van der Waals surface area (Å²) in [5, 5.41) is 5.22. The van der Waals surface area contributed by atoms with Crippen LogP contribution in [0.4, 0.5) is 0 Å². The normalized spacial score (nSPS) is 18.0. The van der Waals surface area contributed by atoms with E-state index in [2.05, 4.69) is 10.0 Å². The molecule has 1 aliphatic heterocycles. The van der Waals surface area contributed by atoms with Crippen LogP contribution in [0.1, 0.15) is 22.2 Å². The van der Waals surface area contributed by atoms with Gasteiger partial charge in [0.1, 0.15) is 0 Å². The van der Waals surface area contributed by atoms with Crippen molar-refractivity contribution in [2.75, 3.05) is 26.2 Å². The van der Waals surface area contributed by atoms with Gasteiger partial charge in [0.15, 0.2) is 0 Å². The Balaban J connectivity index is 1.63. The number of hydrogen-bond donors (Lipinski definition) is 2. The molecular formula is C18H23N3O3S2. The highest BCUT2D eigenvalue weighted by atomic mass is 32.2. The van der Waals surface area contributed by atoms with Crippen molar-refractivity contribution in [3.8, 4) is 0 Å². The summed E-state index contributed by atoms with van der Waals surface area (Å²) in [4.78, 5) is 15.7. The zero-order chi connectivity index (χ0) is 18.6. The molecule has 1 fully saturated rings. The monoisotopic (exact) mass is 393 g/mol. The lowest BCUT2D eigenvalue weighted by Gasteiger charge is -2.34. The maximum absolute atomic E-state index is 12.6. The number of sulfonamides is 1. The Labute approximate surface area is 158 Å². The van der Waals surface area contributed by atoms with Gasteiger partial charge in [0.2, 0.25) is 10.0 Å². The fourth-order valence-electron chi connectivity index (χ4n) is 2.93. The Kier molecular flexibility index (Phi) is 6.08. The van der Waals surface area contributed by atoms with Crippen LogP contribution < -0.4 is 10.0 Å². The van der Waals surface area contributed by atoms with Gasteiger partial charge >= 0.3 is 0 Å². The molecule has 0 aliphatic carbocycles. The summed E-state index contributed by atoms with van der Waals surface area (Å²) < 4.78 is 27.4. The molecule has 8 heteroatoms. The van der Waals surface area contributed by atoms with Gasteiger partial charge in [0, 0.05) is 42.7 Å². The molecule has 1 amide bonds. The minimum Gasteiger partial charge on any atom is -0.333 e. The lowest BCUT2D eigenvalue weighted by Crippen LogP contribution is -2.52. The first-order chi connectivity index (χ1) is 12.5. The lowest BCUT2D eigenvalue weighted by atomic mass is 10.1. The number of carbonyl (C=O) groups is 1. The minimum atomic E-state index is -3.57. The van der Waals surface area contributed by atoms with Crippen molar-refractivity contribution >= 4 is 27.3 Å². The van der Waals surface area contributed by atoms with Crippen LogP contribution in [0.15, 0.2) is 46.7 Å². The molecule has 3 rings (SSSR count). The topological polar surface area (TPSA) is 78.5 Å².